The fourth-order valence-electron chi connectivity index (χ4n) is 1.58. The number of hydrogen-bond acceptors (Lipinski definition) is 3. The van der Waals surface area contributed by atoms with E-state index in [4.69, 9.17) is 5.73 Å². The molecule has 18 heavy (non-hydrogen) atoms. The first kappa shape index (κ1) is 14.5. The summed E-state index contributed by atoms with van der Waals surface area (Å²) >= 11 is 1.57. The number of benzene rings is 1. The van der Waals surface area contributed by atoms with Crippen LogP contribution < -0.4 is 16.0 Å². The fraction of sp³-hybridized carbons (Fsp3) is 0.333. The second-order valence-corrected chi connectivity index (χ2v) is 4.87. The Bertz CT molecular complexity index is 437. The van der Waals surface area contributed by atoms with Crippen LogP contribution in [0.25, 0.3) is 0 Å². The summed E-state index contributed by atoms with van der Waals surface area (Å²) in [6, 6.07) is 7.59. The molecule has 1 atom stereocenters. The Labute approximate surface area is 111 Å². The summed E-state index contributed by atoms with van der Waals surface area (Å²) in [7, 11) is 1.75. The molecular weight excluding hydrogens is 250 g/mol. The van der Waals surface area contributed by atoms with Crippen molar-refractivity contribution < 1.29 is 14.5 Å². The van der Waals surface area contributed by atoms with E-state index < -0.39 is 5.91 Å². The minimum atomic E-state index is -0.412. The topological polar surface area (TPSA) is 76.6 Å². The number of anilines is 1. The van der Waals surface area contributed by atoms with Crippen molar-refractivity contribution in [3.05, 3.63) is 24.3 Å². The minimum absolute atomic E-state index is 0.129. The first-order chi connectivity index (χ1) is 8.52. The Kier molecular flexibility index (Phi) is 5.67. The molecule has 0 aliphatic rings. The van der Waals surface area contributed by atoms with Crippen LogP contribution in [-0.4, -0.2) is 38.2 Å². The van der Waals surface area contributed by atoms with E-state index in [-0.39, 0.29) is 19.0 Å². The number of hydrogen-bond donors (Lipinski definition) is 3. The smallest absolute Gasteiger partial charge is 0.279 e. The summed E-state index contributed by atoms with van der Waals surface area (Å²) in [4.78, 5) is 24.3. The molecule has 0 fully saturated rings. The third-order valence-corrected chi connectivity index (χ3v) is 3.12. The predicted octanol–water partition coefficient (Wildman–Crippen LogP) is -0.653. The van der Waals surface area contributed by atoms with E-state index in [1.54, 1.807) is 18.8 Å². The standard InChI is InChI=1S/C12H17N3O2S/c1-15(7-11(13)16)8-12(17)14-9-5-3-4-6-10(9)18-2/h3-6H,7-8H2,1-2H3,(H2,13,16)(H,14,17)/p+1. The number of thioether (sulfide) groups is 1. The maximum atomic E-state index is 11.8. The molecule has 1 aromatic rings. The Morgan fingerprint density at radius 3 is 2.61 bits per heavy atom. The van der Waals surface area contributed by atoms with Crippen molar-refractivity contribution in [2.75, 3.05) is 31.7 Å². The molecule has 5 nitrogen and oxygen atoms in total. The molecule has 0 aliphatic carbocycles. The molecule has 2 amide bonds. The normalized spacial score (nSPS) is 11.9. The number of nitrogens with two attached hydrogens (primary N) is 1. The Morgan fingerprint density at radius 2 is 2.00 bits per heavy atom. The van der Waals surface area contributed by atoms with Crippen molar-refractivity contribution in [1.82, 2.24) is 0 Å². The number of carbonyl (C=O) groups excluding carboxylic acids is 2. The molecule has 0 heterocycles. The maximum Gasteiger partial charge on any atom is 0.279 e. The van der Waals surface area contributed by atoms with E-state index in [2.05, 4.69) is 5.32 Å². The van der Waals surface area contributed by atoms with Gasteiger partial charge in [0.05, 0.1) is 12.7 Å². The first-order valence-electron chi connectivity index (χ1n) is 5.55. The molecule has 0 saturated carbocycles. The van der Waals surface area contributed by atoms with Gasteiger partial charge >= 0.3 is 0 Å². The number of para-hydroxylation sites is 1. The first-order valence-corrected chi connectivity index (χ1v) is 6.78. The quantitative estimate of drug-likeness (QED) is 0.600. The van der Waals surface area contributed by atoms with E-state index in [1.165, 1.54) is 0 Å². The van der Waals surface area contributed by atoms with Crippen LogP contribution in [0.5, 0.6) is 0 Å². The van der Waals surface area contributed by atoms with Gasteiger partial charge in [0.2, 0.25) is 0 Å². The number of amides is 2. The highest BCUT2D eigenvalue weighted by Gasteiger charge is 2.13. The van der Waals surface area contributed by atoms with Gasteiger partial charge in [0.25, 0.3) is 11.8 Å². The lowest BCUT2D eigenvalue weighted by atomic mass is 10.3. The van der Waals surface area contributed by atoms with Crippen LogP contribution in [0.2, 0.25) is 0 Å². The van der Waals surface area contributed by atoms with E-state index in [0.717, 1.165) is 15.5 Å². The van der Waals surface area contributed by atoms with Crippen LogP contribution in [0.4, 0.5) is 5.69 Å². The number of quaternary nitrogens is 1. The lowest BCUT2D eigenvalue weighted by molar-refractivity contribution is -0.862. The largest absolute Gasteiger partial charge is 0.365 e. The zero-order valence-corrected chi connectivity index (χ0v) is 11.3. The van der Waals surface area contributed by atoms with Gasteiger partial charge in [-0.2, -0.15) is 0 Å². The Balaban J connectivity index is 2.56. The molecule has 0 aromatic heterocycles. The molecule has 98 valence electrons. The number of carbonyl (C=O) groups is 2. The number of nitrogens with one attached hydrogen (secondary N) is 2. The predicted molar refractivity (Wildman–Crippen MR) is 72.7 cm³/mol. The molecule has 1 unspecified atom stereocenters. The lowest BCUT2D eigenvalue weighted by Crippen LogP contribution is -3.11. The van der Waals surface area contributed by atoms with Gasteiger partial charge < -0.3 is 16.0 Å². The fourth-order valence-corrected chi connectivity index (χ4v) is 2.13. The van der Waals surface area contributed by atoms with E-state index in [9.17, 15) is 9.59 Å². The summed E-state index contributed by atoms with van der Waals surface area (Å²) in [5.41, 5.74) is 5.87. The minimum Gasteiger partial charge on any atom is -0.365 e. The van der Waals surface area contributed by atoms with Crippen molar-refractivity contribution in [3.8, 4) is 0 Å². The molecule has 0 aliphatic heterocycles. The molecule has 0 bridgehead atoms. The molecule has 0 radical (unpaired) electrons. The van der Waals surface area contributed by atoms with Crippen LogP contribution in [0.15, 0.2) is 29.2 Å². The van der Waals surface area contributed by atoms with Crippen molar-refractivity contribution >= 4 is 29.3 Å². The summed E-state index contributed by atoms with van der Waals surface area (Å²) < 4.78 is 0. The van der Waals surface area contributed by atoms with Crippen molar-refractivity contribution in [3.63, 3.8) is 0 Å². The second-order valence-electron chi connectivity index (χ2n) is 4.03. The van der Waals surface area contributed by atoms with Crippen molar-refractivity contribution in [2.45, 2.75) is 4.90 Å². The van der Waals surface area contributed by atoms with Crippen LogP contribution in [-0.2, 0) is 9.59 Å². The molecule has 0 spiro atoms. The van der Waals surface area contributed by atoms with E-state index in [1.807, 2.05) is 30.5 Å². The molecular formula is C12H18N3O2S+. The molecule has 1 aromatic carbocycles. The summed E-state index contributed by atoms with van der Waals surface area (Å²) in [6.07, 6.45) is 1.95. The maximum absolute atomic E-state index is 11.8. The summed E-state index contributed by atoms with van der Waals surface area (Å²) in [5, 5.41) is 2.83. The second kappa shape index (κ2) is 7.03. The number of likely N-dealkylation sites (N-methyl/N-ethyl adjacent to an activating group) is 1. The molecule has 1 rings (SSSR count). The molecule has 0 saturated heterocycles. The van der Waals surface area contributed by atoms with Gasteiger partial charge in [-0.1, -0.05) is 12.1 Å². The lowest BCUT2D eigenvalue weighted by Gasteiger charge is -2.13. The highest BCUT2D eigenvalue weighted by molar-refractivity contribution is 7.98. The van der Waals surface area contributed by atoms with Gasteiger partial charge in [0, 0.05) is 4.90 Å². The highest BCUT2D eigenvalue weighted by atomic mass is 32.2. The number of rotatable bonds is 6. The average Bonchev–Trinajstić information content (AvgIpc) is 2.28. The van der Waals surface area contributed by atoms with Gasteiger partial charge in [-0.3, -0.25) is 9.59 Å². The average molecular weight is 268 g/mol. The van der Waals surface area contributed by atoms with Crippen LogP contribution >= 0.6 is 11.8 Å². The Hall–Kier alpha value is -1.53. The molecule has 4 N–H and O–H groups in total. The van der Waals surface area contributed by atoms with Crippen LogP contribution in [0.3, 0.4) is 0 Å². The van der Waals surface area contributed by atoms with Gasteiger partial charge in [-0.15, -0.1) is 11.8 Å². The van der Waals surface area contributed by atoms with Crippen molar-refractivity contribution in [1.29, 1.82) is 0 Å². The highest BCUT2D eigenvalue weighted by Crippen LogP contribution is 2.24. The zero-order chi connectivity index (χ0) is 13.5. The zero-order valence-electron chi connectivity index (χ0n) is 10.5. The van der Waals surface area contributed by atoms with E-state index >= 15 is 0 Å². The van der Waals surface area contributed by atoms with E-state index in [0.29, 0.717) is 0 Å². The van der Waals surface area contributed by atoms with Crippen LogP contribution in [0.1, 0.15) is 0 Å². The number of primary amides is 1. The Morgan fingerprint density at radius 1 is 1.33 bits per heavy atom. The van der Waals surface area contributed by atoms with Gasteiger partial charge in [-0.05, 0) is 18.4 Å². The third kappa shape index (κ3) is 4.77. The van der Waals surface area contributed by atoms with Crippen LogP contribution in [0, 0.1) is 0 Å². The summed E-state index contributed by atoms with van der Waals surface area (Å²) in [6.45, 7) is 0.364. The monoisotopic (exact) mass is 268 g/mol. The third-order valence-electron chi connectivity index (χ3n) is 2.32. The van der Waals surface area contributed by atoms with Gasteiger partial charge in [-0.25, -0.2) is 0 Å². The van der Waals surface area contributed by atoms with Gasteiger partial charge in [0.1, 0.15) is 0 Å². The SMILES string of the molecule is CSc1ccccc1NC(=O)C[NH+](C)CC(N)=O. The summed E-state index contributed by atoms with van der Waals surface area (Å²) in [5.74, 6) is -0.542. The van der Waals surface area contributed by atoms with Gasteiger partial charge in [0.15, 0.2) is 13.1 Å². The van der Waals surface area contributed by atoms with Crippen molar-refractivity contribution in [2.24, 2.45) is 5.73 Å². The molecule has 6 heteroatoms.